The molecule has 1 heterocycles. The third-order valence-electron chi connectivity index (χ3n) is 5.77. The summed E-state index contributed by atoms with van der Waals surface area (Å²) < 4.78 is 13.1. The molecule has 2 aromatic rings. The van der Waals surface area contributed by atoms with E-state index < -0.39 is 0 Å². The molecule has 2 aromatic carbocycles. The molecule has 5 heteroatoms. The molecule has 1 N–H and O–H groups in total. The lowest BCUT2D eigenvalue weighted by molar-refractivity contribution is -0.126. The number of benzene rings is 2. The van der Waals surface area contributed by atoms with Gasteiger partial charge in [0.05, 0.1) is 0 Å². The molecule has 0 aromatic heterocycles. The van der Waals surface area contributed by atoms with E-state index in [1.165, 1.54) is 29.8 Å². The lowest BCUT2D eigenvalue weighted by Gasteiger charge is -2.32. The Morgan fingerprint density at radius 3 is 2.24 bits per heavy atom. The van der Waals surface area contributed by atoms with Gasteiger partial charge in [0.1, 0.15) is 5.82 Å². The van der Waals surface area contributed by atoms with Gasteiger partial charge in [0.2, 0.25) is 5.91 Å². The monoisotopic (exact) mass is 396 g/mol. The summed E-state index contributed by atoms with van der Waals surface area (Å²) in [5, 5.41) is 3.13. The van der Waals surface area contributed by atoms with Gasteiger partial charge in [0, 0.05) is 37.0 Å². The average Bonchev–Trinajstić information content (AvgIpc) is 2.74. The van der Waals surface area contributed by atoms with Crippen LogP contribution >= 0.6 is 0 Å². The van der Waals surface area contributed by atoms with Gasteiger partial charge in [-0.25, -0.2) is 4.39 Å². The Bertz CT molecular complexity index is 813. The summed E-state index contributed by atoms with van der Waals surface area (Å²) in [5.41, 5.74) is 1.72. The third kappa shape index (κ3) is 5.43. The summed E-state index contributed by atoms with van der Waals surface area (Å²) in [6, 6.07) is 15.9. The van der Waals surface area contributed by atoms with Crippen molar-refractivity contribution in [3.05, 3.63) is 71.5 Å². The second kappa shape index (κ2) is 9.68. The fourth-order valence-corrected chi connectivity index (χ4v) is 3.91. The van der Waals surface area contributed by atoms with Crippen molar-refractivity contribution < 1.29 is 14.0 Å². The number of nitrogens with one attached hydrogen (secondary N) is 1. The van der Waals surface area contributed by atoms with Gasteiger partial charge in [-0.1, -0.05) is 44.2 Å². The molecule has 2 amide bonds. The van der Waals surface area contributed by atoms with Gasteiger partial charge >= 0.3 is 0 Å². The largest absolute Gasteiger partial charge is 0.355 e. The molecular weight excluding hydrogens is 367 g/mol. The van der Waals surface area contributed by atoms with Gasteiger partial charge in [-0.15, -0.1) is 0 Å². The minimum atomic E-state index is -0.355. The summed E-state index contributed by atoms with van der Waals surface area (Å²) in [5.74, 6) is 0.240. The number of carbonyl (C=O) groups is 2. The molecule has 1 saturated heterocycles. The number of hydrogen-bond acceptors (Lipinski definition) is 2. The molecular formula is C24H29FN2O2. The fraction of sp³-hybridized carbons (Fsp3) is 0.417. The van der Waals surface area contributed by atoms with E-state index in [4.69, 9.17) is 0 Å². The molecule has 3 rings (SSSR count). The topological polar surface area (TPSA) is 49.4 Å². The number of amides is 2. The van der Waals surface area contributed by atoms with Crippen molar-refractivity contribution in [2.24, 2.45) is 11.8 Å². The first-order chi connectivity index (χ1) is 14.0. The highest BCUT2D eigenvalue weighted by molar-refractivity contribution is 5.94. The van der Waals surface area contributed by atoms with Gasteiger partial charge in [-0.05, 0) is 48.6 Å². The molecule has 1 aliphatic heterocycles. The summed E-state index contributed by atoms with van der Waals surface area (Å²) in [6.07, 6.45) is 1.30. The Morgan fingerprint density at radius 1 is 1.03 bits per heavy atom. The van der Waals surface area contributed by atoms with Crippen LogP contribution in [0.3, 0.4) is 0 Å². The van der Waals surface area contributed by atoms with Crippen molar-refractivity contribution in [1.29, 1.82) is 0 Å². The molecule has 0 radical (unpaired) electrons. The van der Waals surface area contributed by atoms with Crippen LogP contribution < -0.4 is 5.32 Å². The van der Waals surface area contributed by atoms with Gasteiger partial charge in [-0.2, -0.15) is 0 Å². The van der Waals surface area contributed by atoms with Crippen LogP contribution in [-0.2, 0) is 4.79 Å². The van der Waals surface area contributed by atoms with Gasteiger partial charge < -0.3 is 10.2 Å². The van der Waals surface area contributed by atoms with E-state index in [2.05, 4.69) is 31.3 Å². The first kappa shape index (κ1) is 21.0. The molecule has 154 valence electrons. The van der Waals surface area contributed by atoms with Crippen molar-refractivity contribution in [2.45, 2.75) is 32.6 Å². The molecule has 1 atom stereocenters. The maximum absolute atomic E-state index is 13.1. The Hall–Kier alpha value is -2.69. The Labute approximate surface area is 172 Å². The minimum Gasteiger partial charge on any atom is -0.355 e. The highest BCUT2D eigenvalue weighted by Gasteiger charge is 2.28. The van der Waals surface area contributed by atoms with E-state index in [1.807, 2.05) is 18.2 Å². The highest BCUT2D eigenvalue weighted by Crippen LogP contribution is 2.24. The molecule has 4 nitrogen and oxygen atoms in total. The molecule has 1 unspecified atom stereocenters. The second-order valence-electron chi connectivity index (χ2n) is 8.08. The molecule has 1 fully saturated rings. The van der Waals surface area contributed by atoms with Crippen molar-refractivity contribution in [3.8, 4) is 0 Å². The summed E-state index contributed by atoms with van der Waals surface area (Å²) in [4.78, 5) is 27.0. The third-order valence-corrected chi connectivity index (χ3v) is 5.77. The van der Waals surface area contributed by atoms with E-state index >= 15 is 0 Å². The smallest absolute Gasteiger partial charge is 0.253 e. The molecule has 0 bridgehead atoms. The predicted octanol–water partition coefficient (Wildman–Crippen LogP) is 4.23. The fourth-order valence-electron chi connectivity index (χ4n) is 3.91. The number of nitrogens with zero attached hydrogens (tertiary/aromatic N) is 1. The van der Waals surface area contributed by atoms with Crippen LogP contribution in [0.4, 0.5) is 4.39 Å². The summed E-state index contributed by atoms with van der Waals surface area (Å²) >= 11 is 0. The van der Waals surface area contributed by atoms with E-state index in [0.717, 1.165) is 0 Å². The number of piperidine rings is 1. The Morgan fingerprint density at radius 2 is 1.66 bits per heavy atom. The summed E-state index contributed by atoms with van der Waals surface area (Å²) in [6.45, 7) is 6.04. The maximum atomic E-state index is 13.1. The lowest BCUT2D eigenvalue weighted by atomic mass is 9.88. The Balaban J connectivity index is 1.50. The van der Waals surface area contributed by atoms with Gasteiger partial charge in [-0.3, -0.25) is 9.59 Å². The van der Waals surface area contributed by atoms with Crippen LogP contribution in [0.25, 0.3) is 0 Å². The van der Waals surface area contributed by atoms with Crippen LogP contribution in [0.2, 0.25) is 0 Å². The summed E-state index contributed by atoms with van der Waals surface area (Å²) in [7, 11) is 0. The van der Waals surface area contributed by atoms with E-state index in [0.29, 0.717) is 44.0 Å². The second-order valence-corrected chi connectivity index (χ2v) is 8.08. The highest BCUT2D eigenvalue weighted by atomic mass is 19.1. The van der Waals surface area contributed by atoms with E-state index in [1.54, 1.807) is 4.90 Å². The lowest BCUT2D eigenvalue weighted by Crippen LogP contribution is -2.43. The van der Waals surface area contributed by atoms with Crippen LogP contribution in [-0.4, -0.2) is 36.3 Å². The average molecular weight is 397 g/mol. The van der Waals surface area contributed by atoms with Crippen molar-refractivity contribution in [3.63, 3.8) is 0 Å². The van der Waals surface area contributed by atoms with Crippen LogP contribution in [0.15, 0.2) is 54.6 Å². The number of likely N-dealkylation sites (tertiary alicyclic amines) is 1. The number of hydrogen-bond donors (Lipinski definition) is 1. The maximum Gasteiger partial charge on any atom is 0.253 e. The van der Waals surface area contributed by atoms with Crippen molar-refractivity contribution in [2.75, 3.05) is 19.6 Å². The first-order valence-corrected chi connectivity index (χ1v) is 10.3. The first-order valence-electron chi connectivity index (χ1n) is 10.3. The van der Waals surface area contributed by atoms with Gasteiger partial charge in [0.25, 0.3) is 5.91 Å². The quantitative estimate of drug-likeness (QED) is 0.794. The number of rotatable bonds is 6. The van der Waals surface area contributed by atoms with Crippen molar-refractivity contribution >= 4 is 11.8 Å². The molecule has 0 saturated carbocycles. The number of carbonyl (C=O) groups excluding carboxylic acids is 2. The van der Waals surface area contributed by atoms with Gasteiger partial charge in [0.15, 0.2) is 0 Å². The van der Waals surface area contributed by atoms with Crippen LogP contribution in [0.1, 0.15) is 48.5 Å². The SMILES string of the molecule is CC(C)C(CNC(=O)C1CCN(C(=O)c2ccc(F)cc2)CC1)c1ccccc1. The standard InChI is InChI=1S/C24H29FN2O2/c1-17(2)22(18-6-4-3-5-7-18)16-26-23(28)19-12-14-27(15-13-19)24(29)20-8-10-21(25)11-9-20/h3-11,17,19,22H,12-16H2,1-2H3,(H,26,28). The minimum absolute atomic E-state index is 0.0699. The van der Waals surface area contributed by atoms with E-state index in [9.17, 15) is 14.0 Å². The van der Waals surface area contributed by atoms with Crippen LogP contribution in [0.5, 0.6) is 0 Å². The molecule has 0 spiro atoms. The normalized spacial score (nSPS) is 15.9. The van der Waals surface area contributed by atoms with E-state index in [-0.39, 0.29) is 29.5 Å². The zero-order valence-corrected chi connectivity index (χ0v) is 17.1. The molecule has 29 heavy (non-hydrogen) atoms. The van der Waals surface area contributed by atoms with Crippen molar-refractivity contribution in [1.82, 2.24) is 10.2 Å². The zero-order chi connectivity index (χ0) is 20.8. The van der Waals surface area contributed by atoms with Crippen LogP contribution in [0, 0.1) is 17.7 Å². The zero-order valence-electron chi connectivity index (χ0n) is 17.1. The number of halogens is 1. The predicted molar refractivity (Wildman–Crippen MR) is 112 cm³/mol. The Kier molecular flexibility index (Phi) is 7.02. The molecule has 0 aliphatic carbocycles. The molecule has 1 aliphatic rings.